The zero-order chi connectivity index (χ0) is 23.2. The Kier molecular flexibility index (Phi) is 6.64. The van der Waals surface area contributed by atoms with E-state index in [9.17, 15) is 9.59 Å². The van der Waals surface area contributed by atoms with Gasteiger partial charge in [-0.2, -0.15) is 10.2 Å². The molecule has 0 saturated carbocycles. The van der Waals surface area contributed by atoms with E-state index in [4.69, 9.17) is 0 Å². The second-order valence-electron chi connectivity index (χ2n) is 7.77. The van der Waals surface area contributed by atoms with Gasteiger partial charge in [0.1, 0.15) is 12.1 Å². The lowest BCUT2D eigenvalue weighted by molar-refractivity contribution is -0.121. The Balaban J connectivity index is 1.48. The number of hydrogen-bond donors (Lipinski definition) is 1. The molecule has 2 unspecified atom stereocenters. The molecule has 0 fully saturated rings. The topological polar surface area (TPSA) is 85.0 Å². The Morgan fingerprint density at radius 3 is 2.03 bits per heavy atom. The Bertz CT molecular complexity index is 1170. The molecule has 2 aromatic heterocycles. The van der Waals surface area contributed by atoms with Crippen LogP contribution in [0.4, 0.5) is 11.4 Å². The molecule has 8 nitrogen and oxygen atoms in total. The molecule has 2 heterocycles. The molecule has 0 saturated heterocycles. The third-order valence-electron chi connectivity index (χ3n) is 5.48. The molecule has 0 aliphatic rings. The second-order valence-corrected chi connectivity index (χ2v) is 7.77. The molecule has 4 rings (SSSR count). The molecule has 2 atom stereocenters. The fourth-order valence-corrected chi connectivity index (χ4v) is 3.51. The van der Waals surface area contributed by atoms with Crippen LogP contribution in [0.3, 0.4) is 0 Å². The summed E-state index contributed by atoms with van der Waals surface area (Å²) in [6.07, 6.45) is 6.85. The first-order valence-corrected chi connectivity index (χ1v) is 10.8. The van der Waals surface area contributed by atoms with Crippen LogP contribution in [0, 0.1) is 0 Å². The van der Waals surface area contributed by atoms with Crippen LogP contribution in [0.25, 0.3) is 0 Å². The predicted octanol–water partition coefficient (Wildman–Crippen LogP) is 4.07. The van der Waals surface area contributed by atoms with Crippen molar-refractivity contribution < 1.29 is 9.59 Å². The quantitative estimate of drug-likeness (QED) is 0.446. The third kappa shape index (κ3) is 5.17. The van der Waals surface area contributed by atoms with E-state index < -0.39 is 12.1 Å². The summed E-state index contributed by atoms with van der Waals surface area (Å²) < 4.78 is 3.26. The van der Waals surface area contributed by atoms with Gasteiger partial charge in [0.05, 0.1) is 6.54 Å². The molecule has 8 heteroatoms. The summed E-state index contributed by atoms with van der Waals surface area (Å²) in [5.41, 5.74) is 2.44. The highest BCUT2D eigenvalue weighted by molar-refractivity contribution is 5.96. The van der Waals surface area contributed by atoms with Gasteiger partial charge in [0.25, 0.3) is 5.91 Å². The number of hydrogen-bond acceptors (Lipinski definition) is 4. The maximum atomic E-state index is 13.3. The van der Waals surface area contributed by atoms with Crippen molar-refractivity contribution in [2.45, 2.75) is 32.5 Å². The fourth-order valence-electron chi connectivity index (χ4n) is 3.51. The first-order chi connectivity index (χ1) is 16.0. The average molecular weight is 443 g/mol. The average Bonchev–Trinajstić information content (AvgIpc) is 3.57. The van der Waals surface area contributed by atoms with Crippen LogP contribution in [0.15, 0.2) is 91.5 Å². The minimum atomic E-state index is -0.442. The van der Waals surface area contributed by atoms with Gasteiger partial charge in [-0.25, -0.2) is 0 Å². The lowest BCUT2D eigenvalue weighted by Gasteiger charge is -2.26. The molecule has 2 amide bonds. The number of nitrogens with one attached hydrogen (secondary N) is 1. The summed E-state index contributed by atoms with van der Waals surface area (Å²) in [7, 11) is 0. The summed E-state index contributed by atoms with van der Waals surface area (Å²) >= 11 is 0. The van der Waals surface area contributed by atoms with E-state index in [0.29, 0.717) is 12.2 Å². The van der Waals surface area contributed by atoms with Crippen LogP contribution in [0.5, 0.6) is 0 Å². The number of anilines is 2. The van der Waals surface area contributed by atoms with Crippen LogP contribution in [0.1, 0.15) is 31.5 Å². The lowest BCUT2D eigenvalue weighted by Crippen LogP contribution is -2.36. The van der Waals surface area contributed by atoms with Crippen LogP contribution in [-0.2, 0) is 16.1 Å². The molecule has 168 valence electrons. The number of carbonyl (C=O) groups is 2. The van der Waals surface area contributed by atoms with Crippen LogP contribution in [0.2, 0.25) is 0 Å². The number of nitrogens with zero attached hydrogens (tertiary/aromatic N) is 5. The van der Waals surface area contributed by atoms with Crippen LogP contribution in [-0.4, -0.2) is 31.4 Å². The Hall–Kier alpha value is -4.20. The zero-order valence-corrected chi connectivity index (χ0v) is 18.6. The number of para-hydroxylation sites is 1. The minimum Gasteiger partial charge on any atom is -0.324 e. The van der Waals surface area contributed by atoms with Gasteiger partial charge in [0.15, 0.2) is 0 Å². The van der Waals surface area contributed by atoms with E-state index in [1.807, 2.05) is 61.5 Å². The van der Waals surface area contributed by atoms with Gasteiger partial charge < -0.3 is 10.2 Å². The number of carbonyl (C=O) groups excluding carboxylic acids is 2. The van der Waals surface area contributed by atoms with Crippen molar-refractivity contribution in [3.8, 4) is 0 Å². The summed E-state index contributed by atoms with van der Waals surface area (Å²) in [6, 6.07) is 19.8. The van der Waals surface area contributed by atoms with E-state index in [1.54, 1.807) is 58.1 Å². The van der Waals surface area contributed by atoms with Gasteiger partial charge in [0, 0.05) is 36.2 Å². The van der Waals surface area contributed by atoms with Gasteiger partial charge in [-0.1, -0.05) is 30.3 Å². The molecule has 0 radical (unpaired) electrons. The molecule has 0 spiro atoms. The Morgan fingerprint density at radius 2 is 1.45 bits per heavy atom. The van der Waals surface area contributed by atoms with Crippen molar-refractivity contribution in [3.63, 3.8) is 0 Å². The van der Waals surface area contributed by atoms with Gasteiger partial charge in [0.2, 0.25) is 5.91 Å². The van der Waals surface area contributed by atoms with Crippen molar-refractivity contribution in [2.75, 3.05) is 10.2 Å². The van der Waals surface area contributed by atoms with Gasteiger partial charge >= 0.3 is 0 Å². The highest BCUT2D eigenvalue weighted by Crippen LogP contribution is 2.22. The largest absolute Gasteiger partial charge is 0.324 e. The molecule has 0 aliphatic carbocycles. The molecular weight excluding hydrogens is 416 g/mol. The molecule has 2 aromatic carbocycles. The van der Waals surface area contributed by atoms with E-state index in [1.165, 1.54) is 0 Å². The summed E-state index contributed by atoms with van der Waals surface area (Å²) in [4.78, 5) is 27.6. The highest BCUT2D eigenvalue weighted by Gasteiger charge is 2.24. The second kappa shape index (κ2) is 9.95. The van der Waals surface area contributed by atoms with Crippen molar-refractivity contribution >= 4 is 23.2 Å². The standard InChI is InChI=1S/C25H26N6O2/c1-19(30-16-6-14-26-30)24(32)28-22-12-10-21(11-13-22)18-29(23-8-4-3-5-9-23)25(33)20(2)31-17-7-15-27-31/h3-17,19-20H,18H2,1-2H3,(H,28,32). The lowest BCUT2D eigenvalue weighted by atomic mass is 10.1. The molecule has 0 aliphatic heterocycles. The molecule has 1 N–H and O–H groups in total. The summed E-state index contributed by atoms with van der Waals surface area (Å²) in [5, 5.41) is 11.2. The first kappa shape index (κ1) is 22.0. The van der Waals surface area contributed by atoms with Gasteiger partial charge in [-0.05, 0) is 55.8 Å². The Labute approximate surface area is 192 Å². The van der Waals surface area contributed by atoms with Crippen LogP contribution >= 0.6 is 0 Å². The fraction of sp³-hybridized carbons (Fsp3) is 0.200. The summed E-state index contributed by atoms with van der Waals surface area (Å²) in [6.45, 7) is 4.03. The van der Waals surface area contributed by atoms with Gasteiger partial charge in [-0.3, -0.25) is 19.0 Å². The van der Waals surface area contributed by atoms with E-state index in [0.717, 1.165) is 11.3 Å². The van der Waals surface area contributed by atoms with Crippen molar-refractivity contribution in [1.29, 1.82) is 0 Å². The highest BCUT2D eigenvalue weighted by atomic mass is 16.2. The van der Waals surface area contributed by atoms with Crippen molar-refractivity contribution in [3.05, 3.63) is 97.1 Å². The minimum absolute atomic E-state index is 0.0599. The molecular formula is C25H26N6O2. The normalized spacial score (nSPS) is 12.7. The predicted molar refractivity (Wildman–Crippen MR) is 127 cm³/mol. The number of benzene rings is 2. The van der Waals surface area contributed by atoms with Crippen molar-refractivity contribution in [2.24, 2.45) is 0 Å². The Morgan fingerprint density at radius 1 is 0.848 bits per heavy atom. The zero-order valence-electron chi connectivity index (χ0n) is 18.6. The number of aromatic nitrogens is 4. The van der Waals surface area contributed by atoms with Crippen LogP contribution < -0.4 is 10.2 Å². The number of amides is 2. The smallest absolute Gasteiger partial charge is 0.251 e. The first-order valence-electron chi connectivity index (χ1n) is 10.8. The summed E-state index contributed by atoms with van der Waals surface area (Å²) in [5.74, 6) is -0.212. The van der Waals surface area contributed by atoms with E-state index >= 15 is 0 Å². The molecule has 33 heavy (non-hydrogen) atoms. The van der Waals surface area contributed by atoms with Gasteiger partial charge in [-0.15, -0.1) is 0 Å². The number of rotatable bonds is 8. The SMILES string of the molecule is CC(C(=O)Nc1ccc(CN(C(=O)C(C)n2cccn2)c2ccccc2)cc1)n1cccn1. The maximum Gasteiger partial charge on any atom is 0.251 e. The molecule has 4 aromatic rings. The third-order valence-corrected chi connectivity index (χ3v) is 5.48. The maximum absolute atomic E-state index is 13.3. The van der Waals surface area contributed by atoms with E-state index in [-0.39, 0.29) is 11.8 Å². The van der Waals surface area contributed by atoms with Crippen molar-refractivity contribution in [1.82, 2.24) is 19.6 Å². The monoisotopic (exact) mass is 442 g/mol. The van der Waals surface area contributed by atoms with E-state index in [2.05, 4.69) is 15.5 Å². The molecule has 0 bridgehead atoms.